The fraction of sp³-hybridized carbons (Fsp3) is 0.357. The first-order valence-electron chi connectivity index (χ1n) is 12.1. The molecule has 0 aliphatic carbocycles. The molecule has 1 fully saturated rings. The van der Waals surface area contributed by atoms with Gasteiger partial charge in [-0.15, -0.1) is 0 Å². The lowest BCUT2D eigenvalue weighted by atomic mass is 9.88. The second kappa shape index (κ2) is 10.4. The number of furan rings is 1. The number of hydrogen-bond donors (Lipinski definition) is 1. The van der Waals surface area contributed by atoms with Crippen molar-refractivity contribution in [1.29, 1.82) is 0 Å². The van der Waals surface area contributed by atoms with E-state index < -0.39 is 0 Å². The molecule has 1 aromatic heterocycles. The Hall–Kier alpha value is -3.58. The Bertz CT molecular complexity index is 1180. The Labute approximate surface area is 205 Å². The van der Waals surface area contributed by atoms with Crippen LogP contribution in [0.4, 0.5) is 0 Å². The molecule has 3 heterocycles. The zero-order valence-corrected chi connectivity index (χ0v) is 19.9. The third kappa shape index (κ3) is 5.25. The van der Waals surface area contributed by atoms with E-state index in [1.54, 1.807) is 19.1 Å². The van der Waals surface area contributed by atoms with Crippen molar-refractivity contribution in [2.75, 3.05) is 19.7 Å². The lowest BCUT2D eigenvalue weighted by Crippen LogP contribution is -2.39. The molecule has 2 aliphatic rings. The van der Waals surface area contributed by atoms with Crippen molar-refractivity contribution in [3.63, 3.8) is 0 Å². The largest absolute Gasteiger partial charge is 0.486 e. The van der Waals surface area contributed by atoms with E-state index in [-0.39, 0.29) is 36.3 Å². The van der Waals surface area contributed by atoms with Crippen molar-refractivity contribution < 1.29 is 23.5 Å². The van der Waals surface area contributed by atoms with Gasteiger partial charge in [0, 0.05) is 26.6 Å². The third-order valence-corrected chi connectivity index (χ3v) is 6.65. The summed E-state index contributed by atoms with van der Waals surface area (Å²) in [5.41, 5.74) is 3.36. The van der Waals surface area contributed by atoms with Gasteiger partial charge in [0.05, 0.1) is 12.1 Å². The Morgan fingerprint density at radius 3 is 2.74 bits per heavy atom. The standard InChI is InChI=1S/C28H30N2O5/c1-19(31)30-14-13-20-9-10-22(16-25(20)27(30)21-6-3-2-4-7-21)34-18-24-11-12-26(35-24)28(32)29-17-23-8-5-15-33-23/h2-4,6-7,9-12,16,23,27H,5,8,13-15,17-18H2,1H3,(H,29,32). The van der Waals surface area contributed by atoms with Gasteiger partial charge in [-0.25, -0.2) is 0 Å². The molecule has 0 bridgehead atoms. The minimum Gasteiger partial charge on any atom is -0.486 e. The van der Waals surface area contributed by atoms with Gasteiger partial charge in [-0.05, 0) is 60.2 Å². The highest BCUT2D eigenvalue weighted by molar-refractivity contribution is 5.91. The number of ether oxygens (including phenoxy) is 2. The Morgan fingerprint density at radius 2 is 1.97 bits per heavy atom. The average Bonchev–Trinajstić information content (AvgIpc) is 3.58. The van der Waals surface area contributed by atoms with Crippen LogP contribution in [0.25, 0.3) is 0 Å². The molecule has 2 aliphatic heterocycles. The van der Waals surface area contributed by atoms with E-state index in [0.29, 0.717) is 24.6 Å². The van der Waals surface area contributed by atoms with Gasteiger partial charge in [-0.2, -0.15) is 0 Å². The summed E-state index contributed by atoms with van der Waals surface area (Å²) in [6, 6.07) is 19.4. The van der Waals surface area contributed by atoms with E-state index in [1.165, 1.54) is 5.56 Å². The van der Waals surface area contributed by atoms with E-state index in [4.69, 9.17) is 13.9 Å². The molecule has 2 atom stereocenters. The van der Waals surface area contributed by atoms with Crippen molar-refractivity contribution in [1.82, 2.24) is 10.2 Å². The highest BCUT2D eigenvalue weighted by atomic mass is 16.5. The first kappa shape index (κ1) is 23.2. The number of nitrogens with zero attached hydrogens (tertiary/aromatic N) is 1. The SMILES string of the molecule is CC(=O)N1CCc2ccc(OCc3ccc(C(=O)NCC4CCCO4)o3)cc2C1c1ccccc1. The van der Waals surface area contributed by atoms with Crippen LogP contribution in [-0.2, 0) is 22.6 Å². The molecule has 1 N–H and O–H groups in total. The van der Waals surface area contributed by atoms with Crippen molar-refractivity contribution >= 4 is 11.8 Å². The zero-order valence-electron chi connectivity index (χ0n) is 19.9. The number of benzene rings is 2. The minimum absolute atomic E-state index is 0.0525. The van der Waals surface area contributed by atoms with E-state index in [0.717, 1.165) is 37.0 Å². The lowest BCUT2D eigenvalue weighted by molar-refractivity contribution is -0.130. The molecular formula is C28H30N2O5. The Morgan fingerprint density at radius 1 is 1.11 bits per heavy atom. The van der Waals surface area contributed by atoms with Gasteiger partial charge in [0.25, 0.3) is 5.91 Å². The molecule has 182 valence electrons. The smallest absolute Gasteiger partial charge is 0.287 e. The molecule has 1 saturated heterocycles. The highest BCUT2D eigenvalue weighted by Crippen LogP contribution is 2.37. The summed E-state index contributed by atoms with van der Waals surface area (Å²) in [4.78, 5) is 26.7. The number of rotatable bonds is 7. The molecule has 7 nitrogen and oxygen atoms in total. The van der Waals surface area contributed by atoms with Crippen molar-refractivity contribution in [3.8, 4) is 5.75 Å². The normalized spacial score (nSPS) is 19.3. The maximum absolute atomic E-state index is 12.4. The van der Waals surface area contributed by atoms with Gasteiger partial charge < -0.3 is 24.1 Å². The van der Waals surface area contributed by atoms with Crippen LogP contribution in [0.2, 0.25) is 0 Å². The molecule has 2 unspecified atom stereocenters. The predicted molar refractivity (Wildman–Crippen MR) is 130 cm³/mol. The summed E-state index contributed by atoms with van der Waals surface area (Å²) >= 11 is 0. The Kier molecular flexibility index (Phi) is 6.86. The maximum Gasteiger partial charge on any atom is 0.287 e. The highest BCUT2D eigenvalue weighted by Gasteiger charge is 2.30. The zero-order chi connectivity index (χ0) is 24.2. The summed E-state index contributed by atoms with van der Waals surface area (Å²) in [6.07, 6.45) is 2.89. The number of carbonyl (C=O) groups excluding carboxylic acids is 2. The first-order chi connectivity index (χ1) is 17.1. The van der Waals surface area contributed by atoms with Crippen LogP contribution >= 0.6 is 0 Å². The first-order valence-corrected chi connectivity index (χ1v) is 12.1. The van der Waals surface area contributed by atoms with E-state index in [2.05, 4.69) is 23.5 Å². The van der Waals surface area contributed by atoms with Gasteiger partial charge in [0.2, 0.25) is 5.91 Å². The van der Waals surface area contributed by atoms with E-state index in [9.17, 15) is 9.59 Å². The van der Waals surface area contributed by atoms with Gasteiger partial charge >= 0.3 is 0 Å². The van der Waals surface area contributed by atoms with Crippen LogP contribution < -0.4 is 10.1 Å². The van der Waals surface area contributed by atoms with Gasteiger partial charge in [-0.3, -0.25) is 9.59 Å². The van der Waals surface area contributed by atoms with Crippen molar-refractivity contribution in [2.45, 2.75) is 44.9 Å². The second-order valence-corrected chi connectivity index (χ2v) is 9.04. The monoisotopic (exact) mass is 474 g/mol. The number of hydrogen-bond acceptors (Lipinski definition) is 5. The van der Waals surface area contributed by atoms with Crippen molar-refractivity contribution in [3.05, 3.63) is 88.9 Å². The topological polar surface area (TPSA) is 81.0 Å². The molecule has 5 rings (SSSR count). The predicted octanol–water partition coefficient (Wildman–Crippen LogP) is 4.26. The molecular weight excluding hydrogens is 444 g/mol. The maximum atomic E-state index is 12.4. The molecule has 3 aromatic rings. The van der Waals surface area contributed by atoms with Gasteiger partial charge in [-0.1, -0.05) is 36.4 Å². The number of nitrogens with one attached hydrogen (secondary N) is 1. The van der Waals surface area contributed by atoms with Crippen LogP contribution in [0.5, 0.6) is 5.75 Å². The summed E-state index contributed by atoms with van der Waals surface area (Å²) in [5, 5.41) is 2.87. The summed E-state index contributed by atoms with van der Waals surface area (Å²) in [6.45, 7) is 3.74. The van der Waals surface area contributed by atoms with Crippen LogP contribution in [0, 0.1) is 0 Å². The molecule has 7 heteroatoms. The molecule has 2 amide bonds. The summed E-state index contributed by atoms with van der Waals surface area (Å²) < 4.78 is 17.3. The van der Waals surface area contributed by atoms with Crippen LogP contribution in [0.15, 0.2) is 65.1 Å². The van der Waals surface area contributed by atoms with E-state index in [1.807, 2.05) is 35.2 Å². The Balaban J connectivity index is 1.27. The molecule has 0 radical (unpaired) electrons. The van der Waals surface area contributed by atoms with Crippen LogP contribution in [-0.4, -0.2) is 42.5 Å². The molecule has 2 aromatic carbocycles. The molecule has 0 spiro atoms. The summed E-state index contributed by atoms with van der Waals surface area (Å²) in [7, 11) is 0. The molecule has 35 heavy (non-hydrogen) atoms. The number of fused-ring (bicyclic) bond motifs is 1. The fourth-order valence-electron chi connectivity index (χ4n) is 4.85. The summed E-state index contributed by atoms with van der Waals surface area (Å²) in [5.74, 6) is 1.31. The number of carbonyl (C=O) groups is 2. The van der Waals surface area contributed by atoms with E-state index >= 15 is 0 Å². The number of amides is 2. The fourth-order valence-corrected chi connectivity index (χ4v) is 4.85. The third-order valence-electron chi connectivity index (χ3n) is 6.65. The minimum atomic E-state index is -0.254. The second-order valence-electron chi connectivity index (χ2n) is 9.04. The van der Waals surface area contributed by atoms with Crippen molar-refractivity contribution in [2.24, 2.45) is 0 Å². The quantitative estimate of drug-likeness (QED) is 0.553. The van der Waals surface area contributed by atoms with Gasteiger partial charge in [0.15, 0.2) is 5.76 Å². The van der Waals surface area contributed by atoms with Gasteiger partial charge in [0.1, 0.15) is 18.1 Å². The average molecular weight is 475 g/mol. The van der Waals surface area contributed by atoms with Crippen LogP contribution in [0.3, 0.4) is 0 Å². The molecule has 0 saturated carbocycles. The lowest BCUT2D eigenvalue weighted by Gasteiger charge is -2.37. The van der Waals surface area contributed by atoms with Crippen LogP contribution in [0.1, 0.15) is 58.8 Å².